The second-order valence-electron chi connectivity index (χ2n) is 6.45. The van der Waals surface area contributed by atoms with Gasteiger partial charge >= 0.3 is 0 Å². The highest BCUT2D eigenvalue weighted by Gasteiger charge is 2.54. The zero-order valence-corrected chi connectivity index (χ0v) is 13.8. The summed E-state index contributed by atoms with van der Waals surface area (Å²) in [4.78, 5) is 27.4. The van der Waals surface area contributed by atoms with Crippen LogP contribution in [0.25, 0.3) is 0 Å². The van der Waals surface area contributed by atoms with E-state index in [1.165, 1.54) is 0 Å². The third-order valence-electron chi connectivity index (χ3n) is 4.99. The molecule has 4 rings (SSSR count). The lowest BCUT2D eigenvalue weighted by Crippen LogP contribution is -2.37. The third kappa shape index (κ3) is 2.20. The highest BCUT2D eigenvalue weighted by atomic mass is 19.2. The number of halogens is 5. The summed E-state index contributed by atoms with van der Waals surface area (Å²) >= 11 is 0. The van der Waals surface area contributed by atoms with Crippen LogP contribution in [-0.2, 0) is 9.59 Å². The van der Waals surface area contributed by atoms with E-state index in [1.807, 2.05) is 0 Å². The summed E-state index contributed by atoms with van der Waals surface area (Å²) in [5.41, 5.74) is -0.420. The summed E-state index contributed by atoms with van der Waals surface area (Å²) < 4.78 is 68.8. The van der Waals surface area contributed by atoms with Crippen LogP contribution in [0.3, 0.4) is 0 Å². The van der Waals surface area contributed by atoms with Crippen molar-refractivity contribution in [2.24, 2.45) is 5.92 Å². The number of hydrogen-bond donors (Lipinski definition) is 0. The van der Waals surface area contributed by atoms with Crippen LogP contribution >= 0.6 is 0 Å². The van der Waals surface area contributed by atoms with Crippen molar-refractivity contribution in [2.45, 2.75) is 5.92 Å². The second kappa shape index (κ2) is 5.77. The molecule has 0 spiro atoms. The molecule has 9 heteroatoms. The van der Waals surface area contributed by atoms with Crippen LogP contribution in [0.1, 0.15) is 11.5 Å². The second-order valence-corrected chi connectivity index (χ2v) is 6.45. The Kier molecular flexibility index (Phi) is 3.72. The van der Waals surface area contributed by atoms with Gasteiger partial charge in [-0.15, -0.1) is 0 Å². The van der Waals surface area contributed by atoms with E-state index in [0.29, 0.717) is 11.3 Å². The van der Waals surface area contributed by atoms with E-state index in [1.54, 1.807) is 36.2 Å². The van der Waals surface area contributed by atoms with Crippen molar-refractivity contribution in [2.75, 3.05) is 23.4 Å². The molecule has 2 aliphatic rings. The fourth-order valence-electron chi connectivity index (χ4n) is 3.76. The van der Waals surface area contributed by atoms with Gasteiger partial charge in [-0.3, -0.25) is 9.59 Å². The average molecular weight is 382 g/mol. The summed E-state index contributed by atoms with van der Waals surface area (Å²) in [6, 6.07) is 6.66. The first-order valence-corrected chi connectivity index (χ1v) is 7.95. The van der Waals surface area contributed by atoms with Crippen LogP contribution in [0, 0.1) is 35.0 Å². The van der Waals surface area contributed by atoms with Crippen LogP contribution in [0.5, 0.6) is 0 Å². The molecule has 2 aromatic carbocycles. The molecule has 2 atom stereocenters. The number of nitrogens with zero attached hydrogens (tertiary/aromatic N) is 2. The summed E-state index contributed by atoms with van der Waals surface area (Å²) in [6.45, 7) is 0.0676. The van der Waals surface area contributed by atoms with Gasteiger partial charge in [0.25, 0.3) is 0 Å². The molecule has 0 saturated carbocycles. The van der Waals surface area contributed by atoms with Crippen molar-refractivity contribution in [3.8, 4) is 0 Å². The Bertz CT molecular complexity index is 980. The van der Waals surface area contributed by atoms with Gasteiger partial charge in [0.2, 0.25) is 17.6 Å². The minimum atomic E-state index is -2.35. The molecule has 2 aromatic rings. The maximum absolute atomic E-state index is 14.2. The van der Waals surface area contributed by atoms with Gasteiger partial charge < -0.3 is 4.90 Å². The number of carbonyl (C=O) groups is 2. The average Bonchev–Trinajstić information content (AvgIpc) is 2.90. The summed E-state index contributed by atoms with van der Waals surface area (Å²) in [5.74, 6) is -15.3. The minimum absolute atomic E-state index is 0.0676. The SMILES string of the molecule is CN1C[C@H]2C(=O)N(c3c(F)c(F)c(F)c(F)c3F)C(=O)[C@H]2c2ccccc21. The van der Waals surface area contributed by atoms with Crippen molar-refractivity contribution < 1.29 is 31.5 Å². The quantitative estimate of drug-likeness (QED) is 0.329. The van der Waals surface area contributed by atoms with E-state index in [9.17, 15) is 31.5 Å². The van der Waals surface area contributed by atoms with Gasteiger partial charge in [-0.1, -0.05) is 18.2 Å². The highest BCUT2D eigenvalue weighted by Crippen LogP contribution is 2.46. The Hall–Kier alpha value is -2.97. The van der Waals surface area contributed by atoms with Crippen molar-refractivity contribution in [3.63, 3.8) is 0 Å². The first-order chi connectivity index (χ1) is 12.8. The Balaban J connectivity index is 1.90. The first-order valence-electron chi connectivity index (χ1n) is 7.95. The molecule has 0 bridgehead atoms. The molecule has 2 amide bonds. The summed E-state index contributed by atoms with van der Waals surface area (Å²) in [7, 11) is 1.67. The molecule has 4 nitrogen and oxygen atoms in total. The Morgan fingerprint density at radius 2 is 1.41 bits per heavy atom. The maximum atomic E-state index is 14.2. The van der Waals surface area contributed by atoms with Gasteiger partial charge in [-0.25, -0.2) is 26.9 Å². The molecule has 1 saturated heterocycles. The van der Waals surface area contributed by atoms with Crippen molar-refractivity contribution in [1.82, 2.24) is 0 Å². The predicted molar refractivity (Wildman–Crippen MR) is 84.7 cm³/mol. The van der Waals surface area contributed by atoms with E-state index >= 15 is 0 Å². The molecule has 0 aliphatic carbocycles. The van der Waals surface area contributed by atoms with E-state index < -0.39 is 58.4 Å². The van der Waals surface area contributed by atoms with Crippen molar-refractivity contribution in [1.29, 1.82) is 0 Å². The standard InChI is InChI=1S/C18H11F5N2O2/c1-24-6-8-10(7-4-2-3-5-9(7)24)18(27)25(17(8)26)16-14(22)12(20)11(19)13(21)15(16)23/h2-5,8,10H,6H2,1H3/t8-,10+/m1/s1. The van der Waals surface area contributed by atoms with E-state index in [-0.39, 0.29) is 11.4 Å². The largest absolute Gasteiger partial charge is 0.374 e. The lowest BCUT2D eigenvalue weighted by Gasteiger charge is -2.33. The van der Waals surface area contributed by atoms with E-state index in [4.69, 9.17) is 0 Å². The summed E-state index contributed by atoms with van der Waals surface area (Å²) in [5, 5.41) is 0. The number of rotatable bonds is 1. The lowest BCUT2D eigenvalue weighted by atomic mass is 9.83. The molecular formula is C18H11F5N2O2. The Morgan fingerprint density at radius 3 is 2.04 bits per heavy atom. The van der Waals surface area contributed by atoms with Gasteiger partial charge in [-0.05, 0) is 11.6 Å². The smallest absolute Gasteiger partial charge is 0.242 e. The Morgan fingerprint density at radius 1 is 0.852 bits per heavy atom. The number of anilines is 2. The molecular weight excluding hydrogens is 371 g/mol. The molecule has 0 aromatic heterocycles. The normalized spacial score (nSPS) is 21.6. The number of amides is 2. The van der Waals surface area contributed by atoms with Gasteiger partial charge in [0.05, 0.1) is 11.8 Å². The van der Waals surface area contributed by atoms with Crippen LogP contribution in [0.2, 0.25) is 0 Å². The predicted octanol–water partition coefficient (Wildman–Crippen LogP) is 3.11. The van der Waals surface area contributed by atoms with Crippen molar-refractivity contribution in [3.05, 3.63) is 58.9 Å². The third-order valence-corrected chi connectivity index (χ3v) is 4.99. The van der Waals surface area contributed by atoms with Crippen LogP contribution in [0.15, 0.2) is 24.3 Å². The first kappa shape index (κ1) is 17.4. The van der Waals surface area contributed by atoms with Crippen LogP contribution in [-0.4, -0.2) is 25.4 Å². The molecule has 27 heavy (non-hydrogen) atoms. The Labute approximate surface area is 149 Å². The molecule has 0 N–H and O–H groups in total. The van der Waals surface area contributed by atoms with Gasteiger partial charge in [-0.2, -0.15) is 0 Å². The molecule has 2 aliphatic heterocycles. The van der Waals surface area contributed by atoms with E-state index in [0.717, 1.165) is 0 Å². The van der Waals surface area contributed by atoms with Gasteiger partial charge in [0, 0.05) is 19.3 Å². The number of imide groups is 1. The molecule has 2 heterocycles. The number of benzene rings is 2. The van der Waals surface area contributed by atoms with Crippen molar-refractivity contribution >= 4 is 23.2 Å². The molecule has 1 fully saturated rings. The monoisotopic (exact) mass is 382 g/mol. The number of hydrogen-bond acceptors (Lipinski definition) is 3. The zero-order valence-electron chi connectivity index (χ0n) is 13.8. The lowest BCUT2D eigenvalue weighted by molar-refractivity contribution is -0.122. The van der Waals surface area contributed by atoms with Crippen LogP contribution < -0.4 is 9.80 Å². The topological polar surface area (TPSA) is 40.6 Å². The molecule has 0 radical (unpaired) electrons. The van der Waals surface area contributed by atoms with Gasteiger partial charge in [0.1, 0.15) is 5.69 Å². The fraction of sp³-hybridized carbons (Fsp3) is 0.222. The fourth-order valence-corrected chi connectivity index (χ4v) is 3.76. The summed E-state index contributed by atoms with van der Waals surface area (Å²) in [6.07, 6.45) is 0. The molecule has 140 valence electrons. The maximum Gasteiger partial charge on any atom is 0.242 e. The van der Waals surface area contributed by atoms with Crippen LogP contribution in [0.4, 0.5) is 33.3 Å². The zero-order chi connectivity index (χ0) is 19.6. The number of fused-ring (bicyclic) bond motifs is 3. The van der Waals surface area contributed by atoms with E-state index in [2.05, 4.69) is 0 Å². The van der Waals surface area contributed by atoms with Gasteiger partial charge in [0.15, 0.2) is 23.3 Å². The highest BCUT2D eigenvalue weighted by molar-refractivity contribution is 6.24. The minimum Gasteiger partial charge on any atom is -0.374 e. The molecule has 0 unspecified atom stereocenters. The number of para-hydroxylation sites is 1. The number of carbonyl (C=O) groups excluding carboxylic acids is 2.